The molecule has 0 saturated carbocycles. The predicted octanol–water partition coefficient (Wildman–Crippen LogP) is 5.35. The monoisotopic (exact) mass is 453 g/mol. The zero-order valence-electron chi connectivity index (χ0n) is 17.4. The van der Waals surface area contributed by atoms with E-state index < -0.39 is 0 Å². The van der Waals surface area contributed by atoms with E-state index in [2.05, 4.69) is 22.0 Å². The molecule has 0 fully saturated rings. The van der Waals surface area contributed by atoms with Crippen LogP contribution in [0.1, 0.15) is 31.9 Å². The lowest BCUT2D eigenvalue weighted by Gasteiger charge is -2.19. The lowest BCUT2D eigenvalue weighted by Crippen LogP contribution is -2.25. The number of carbonyl (C=O) groups excluding carboxylic acids is 1. The maximum absolute atomic E-state index is 12.3. The van der Waals surface area contributed by atoms with Gasteiger partial charge in [-0.05, 0) is 36.5 Å². The number of para-hydroxylation sites is 1. The number of anilines is 2. The lowest BCUT2D eigenvalue weighted by molar-refractivity contribution is -0.115. The summed E-state index contributed by atoms with van der Waals surface area (Å²) < 4.78 is 5.85. The Hall–Kier alpha value is -2.88. The molecule has 0 unspecified atom stereocenters. The van der Waals surface area contributed by atoms with E-state index in [1.54, 1.807) is 23.2 Å². The smallest absolute Gasteiger partial charge is 0.257 e. The molecule has 0 N–H and O–H groups in total. The van der Waals surface area contributed by atoms with E-state index in [0.717, 1.165) is 29.2 Å². The van der Waals surface area contributed by atoms with Gasteiger partial charge in [0.1, 0.15) is 0 Å². The first-order valence-corrected chi connectivity index (χ1v) is 11.8. The quantitative estimate of drug-likeness (QED) is 0.340. The Labute approximate surface area is 189 Å². The van der Waals surface area contributed by atoms with E-state index >= 15 is 0 Å². The Morgan fingerprint density at radius 3 is 2.61 bits per heavy atom. The molecule has 3 aromatic heterocycles. The van der Waals surface area contributed by atoms with Crippen molar-refractivity contribution in [3.8, 4) is 10.8 Å². The Kier molecular flexibility index (Phi) is 6.86. The van der Waals surface area contributed by atoms with Crippen molar-refractivity contribution in [3.63, 3.8) is 0 Å². The van der Waals surface area contributed by atoms with Gasteiger partial charge in [-0.1, -0.05) is 31.2 Å². The molecular formula is C22H23N5O2S2. The largest absolute Gasteiger partial charge is 0.419 e. The third-order valence-corrected chi connectivity index (χ3v) is 6.28. The summed E-state index contributed by atoms with van der Waals surface area (Å²) in [6.45, 7) is 5.75. The van der Waals surface area contributed by atoms with Crippen molar-refractivity contribution in [3.05, 3.63) is 64.8 Å². The average Bonchev–Trinajstić information content (AvgIpc) is 3.51. The van der Waals surface area contributed by atoms with Gasteiger partial charge in [-0.25, -0.2) is 4.98 Å². The molecule has 160 valence electrons. The number of thiophene rings is 1. The van der Waals surface area contributed by atoms with E-state index in [0.29, 0.717) is 30.0 Å². The van der Waals surface area contributed by atoms with Crippen LogP contribution in [0.2, 0.25) is 0 Å². The summed E-state index contributed by atoms with van der Waals surface area (Å²) in [4.78, 5) is 21.8. The Morgan fingerprint density at radius 2 is 1.90 bits per heavy atom. The molecule has 0 saturated heterocycles. The Morgan fingerprint density at radius 1 is 1.06 bits per heavy atom. The van der Waals surface area contributed by atoms with E-state index in [9.17, 15) is 4.79 Å². The number of thiazole rings is 1. The zero-order valence-corrected chi connectivity index (χ0v) is 19.0. The zero-order chi connectivity index (χ0) is 21.6. The summed E-state index contributed by atoms with van der Waals surface area (Å²) in [5.41, 5.74) is 1.72. The second-order valence-corrected chi connectivity index (χ2v) is 8.78. The van der Waals surface area contributed by atoms with E-state index in [4.69, 9.17) is 9.40 Å². The highest BCUT2D eigenvalue weighted by Gasteiger charge is 2.19. The number of benzene rings is 1. The number of hydrogen-bond donors (Lipinski definition) is 0. The van der Waals surface area contributed by atoms with Crippen LogP contribution in [0.4, 0.5) is 10.8 Å². The van der Waals surface area contributed by atoms with Crippen LogP contribution in [0.25, 0.3) is 10.8 Å². The molecule has 0 radical (unpaired) electrons. The molecule has 0 aliphatic heterocycles. The molecule has 0 atom stereocenters. The van der Waals surface area contributed by atoms with Gasteiger partial charge in [0.15, 0.2) is 5.13 Å². The minimum Gasteiger partial charge on any atom is -0.419 e. The van der Waals surface area contributed by atoms with Crippen molar-refractivity contribution in [1.82, 2.24) is 20.1 Å². The van der Waals surface area contributed by atoms with Gasteiger partial charge in [0.25, 0.3) is 5.89 Å². The van der Waals surface area contributed by atoms with Gasteiger partial charge in [-0.2, -0.15) is 0 Å². The Bertz CT molecular complexity index is 1110. The van der Waals surface area contributed by atoms with Crippen LogP contribution >= 0.6 is 22.7 Å². The van der Waals surface area contributed by atoms with Gasteiger partial charge in [0, 0.05) is 18.8 Å². The molecule has 1 amide bonds. The van der Waals surface area contributed by atoms with Gasteiger partial charge in [-0.15, -0.1) is 32.9 Å². The highest BCUT2D eigenvalue weighted by molar-refractivity contribution is 7.14. The first-order valence-electron chi connectivity index (χ1n) is 10.0. The van der Waals surface area contributed by atoms with Gasteiger partial charge in [0.05, 0.1) is 22.8 Å². The second-order valence-electron chi connectivity index (χ2n) is 7.00. The van der Waals surface area contributed by atoms with Crippen LogP contribution in [0, 0.1) is 0 Å². The standard InChI is InChI=1S/C22H23N5O2S2/c1-3-11-26(14-20-24-25-21(29-20)19-10-7-12-30-19)13-17-15-31-22(23-17)27(16(2)28)18-8-5-4-6-9-18/h4-10,12,15H,3,11,13-14H2,1-2H3. The van der Waals surface area contributed by atoms with Crippen LogP contribution in [-0.2, 0) is 17.9 Å². The van der Waals surface area contributed by atoms with Gasteiger partial charge in [0.2, 0.25) is 11.8 Å². The molecule has 0 aliphatic carbocycles. The normalized spacial score (nSPS) is 11.2. The van der Waals surface area contributed by atoms with Crippen LogP contribution in [0.3, 0.4) is 0 Å². The van der Waals surface area contributed by atoms with Crippen molar-refractivity contribution in [1.29, 1.82) is 0 Å². The molecule has 4 rings (SSSR count). The molecule has 0 aliphatic rings. The second kappa shape index (κ2) is 9.95. The van der Waals surface area contributed by atoms with Crippen molar-refractivity contribution in [2.24, 2.45) is 0 Å². The fraction of sp³-hybridized carbons (Fsp3) is 0.273. The number of nitrogens with zero attached hydrogens (tertiary/aromatic N) is 5. The third kappa shape index (κ3) is 5.25. The minimum absolute atomic E-state index is 0.0653. The molecule has 0 bridgehead atoms. The van der Waals surface area contributed by atoms with E-state index in [-0.39, 0.29) is 5.91 Å². The highest BCUT2D eigenvalue weighted by Crippen LogP contribution is 2.29. The maximum Gasteiger partial charge on any atom is 0.257 e. The summed E-state index contributed by atoms with van der Waals surface area (Å²) in [6.07, 6.45) is 0.993. The highest BCUT2D eigenvalue weighted by atomic mass is 32.1. The SMILES string of the molecule is CCCN(Cc1csc(N(C(C)=O)c2ccccc2)n1)Cc1nnc(-c2cccs2)o1. The number of carbonyl (C=O) groups is 1. The maximum atomic E-state index is 12.3. The molecular weight excluding hydrogens is 430 g/mol. The number of amides is 1. The minimum atomic E-state index is -0.0653. The lowest BCUT2D eigenvalue weighted by atomic mass is 10.3. The van der Waals surface area contributed by atoms with Crippen LogP contribution in [-0.4, -0.2) is 32.5 Å². The third-order valence-electron chi connectivity index (χ3n) is 4.54. The first kappa shape index (κ1) is 21.4. The molecule has 7 nitrogen and oxygen atoms in total. The summed E-state index contributed by atoms with van der Waals surface area (Å²) in [6, 6.07) is 13.5. The molecule has 4 aromatic rings. The van der Waals surface area contributed by atoms with E-state index in [1.807, 2.05) is 53.2 Å². The van der Waals surface area contributed by atoms with Gasteiger partial charge >= 0.3 is 0 Å². The molecule has 0 spiro atoms. The summed E-state index contributed by atoms with van der Waals surface area (Å²) in [5.74, 6) is 1.07. The van der Waals surface area contributed by atoms with Crippen LogP contribution < -0.4 is 4.90 Å². The Balaban J connectivity index is 1.48. The van der Waals surface area contributed by atoms with Crippen LogP contribution in [0.5, 0.6) is 0 Å². The summed E-state index contributed by atoms with van der Waals surface area (Å²) in [7, 11) is 0. The number of aromatic nitrogens is 3. The number of hydrogen-bond acceptors (Lipinski definition) is 8. The molecule has 9 heteroatoms. The fourth-order valence-corrected chi connectivity index (χ4v) is 4.77. The van der Waals surface area contributed by atoms with Crippen molar-refractivity contribution < 1.29 is 9.21 Å². The first-order chi connectivity index (χ1) is 15.1. The molecule has 3 heterocycles. The molecule has 31 heavy (non-hydrogen) atoms. The van der Waals surface area contributed by atoms with Gasteiger partial charge in [-0.3, -0.25) is 14.6 Å². The average molecular weight is 454 g/mol. The van der Waals surface area contributed by atoms with Crippen LogP contribution in [0.15, 0.2) is 57.6 Å². The van der Waals surface area contributed by atoms with E-state index in [1.165, 1.54) is 11.3 Å². The van der Waals surface area contributed by atoms with Crippen molar-refractivity contribution in [2.45, 2.75) is 33.4 Å². The summed E-state index contributed by atoms with van der Waals surface area (Å²) >= 11 is 3.04. The topological polar surface area (TPSA) is 75.4 Å². The van der Waals surface area contributed by atoms with Gasteiger partial charge < -0.3 is 4.42 Å². The fourth-order valence-electron chi connectivity index (χ4n) is 3.24. The van der Waals surface area contributed by atoms with Crippen molar-refractivity contribution >= 4 is 39.4 Å². The summed E-state index contributed by atoms with van der Waals surface area (Å²) in [5, 5.41) is 13.0. The molecule has 1 aromatic carbocycles. The number of rotatable bonds is 9. The predicted molar refractivity (Wildman–Crippen MR) is 123 cm³/mol. The van der Waals surface area contributed by atoms with Crippen molar-refractivity contribution in [2.75, 3.05) is 11.4 Å².